The summed E-state index contributed by atoms with van der Waals surface area (Å²) < 4.78 is 6.11. The summed E-state index contributed by atoms with van der Waals surface area (Å²) in [5, 5.41) is 14.5. The molecule has 5 aromatic rings. The number of benzene rings is 5. The summed E-state index contributed by atoms with van der Waals surface area (Å²) in [5.41, 5.74) is 6.48. The van der Waals surface area contributed by atoms with E-state index >= 15 is 0 Å². The fraction of sp³-hybridized carbons (Fsp3) is 0.200. The van der Waals surface area contributed by atoms with Gasteiger partial charge >= 0.3 is 18.9 Å². The third kappa shape index (κ3) is 10.4. The molecule has 6 nitrogen and oxygen atoms in total. The Morgan fingerprint density at radius 2 is 1.33 bits per heavy atom. The van der Waals surface area contributed by atoms with E-state index in [9.17, 15) is 14.7 Å². The molecule has 0 aromatic heterocycles. The molecule has 0 heterocycles. The fourth-order valence-electron chi connectivity index (χ4n) is 5.56. The van der Waals surface area contributed by atoms with E-state index in [1.165, 1.54) is 17.3 Å². The van der Waals surface area contributed by atoms with Gasteiger partial charge in [0.1, 0.15) is 11.5 Å². The predicted molar refractivity (Wildman–Crippen MR) is 188 cm³/mol. The van der Waals surface area contributed by atoms with E-state index in [0.29, 0.717) is 30.8 Å². The van der Waals surface area contributed by atoms with Gasteiger partial charge in [-0.2, -0.15) is 11.8 Å². The number of ether oxygens (including phenoxy) is 1. The molecule has 0 radical (unpaired) electrons. The first-order valence-electron chi connectivity index (χ1n) is 15.7. The van der Waals surface area contributed by atoms with Crippen molar-refractivity contribution >= 4 is 23.6 Å². The first-order chi connectivity index (χ1) is 22.9. The summed E-state index contributed by atoms with van der Waals surface area (Å²) >= 11 is 1.53. The number of rotatable bonds is 15. The molecule has 5 rings (SSSR count). The quantitative estimate of drug-likeness (QED) is 0.171. The zero-order chi connectivity index (χ0) is 33.0. The van der Waals surface area contributed by atoms with Crippen LogP contribution in [0.15, 0.2) is 127 Å². The molecule has 240 valence electrons. The Balaban J connectivity index is 0.00000520. The van der Waals surface area contributed by atoms with Gasteiger partial charge in [0, 0.05) is 25.2 Å². The topological polar surface area (TPSA) is 81.7 Å². The second-order valence-corrected chi connectivity index (χ2v) is 12.5. The molecule has 0 spiro atoms. The maximum Gasteiger partial charge on any atom is 1.00 e. The van der Waals surface area contributed by atoms with Crippen molar-refractivity contribution in [3.8, 4) is 22.6 Å². The number of para-hydroxylation sites is 1. The average molecular weight is 651 g/mol. The number of carboxylic acids is 1. The summed E-state index contributed by atoms with van der Waals surface area (Å²) in [4.78, 5) is 27.8. The number of carboxylic acid groups (broad SMARTS) is 1. The monoisotopic (exact) mass is 650 g/mol. The third-order valence-corrected chi connectivity index (χ3v) is 8.55. The molecule has 0 saturated heterocycles. The van der Waals surface area contributed by atoms with E-state index in [-0.39, 0.29) is 18.9 Å². The standard InChI is InChI=1S/C40H40N2O4S.Li/c1-29-12-9-10-19-35(29)37-25-32(20-21-36(37)39(43)41-38(40(44)45)22-23-47-2)28-42(26-30-13-5-3-6-14-30)27-31-15-11-18-34(24-31)46-33-16-7-4-8-17-33;/h3-21,24-25,38H,22-23,26-28H2,1-2H3,(H,41,43)(H,44,45);/q;+1/p-1. The number of aryl methyl sites for hydroxylation is 1. The Morgan fingerprint density at radius 1 is 0.729 bits per heavy atom. The fourth-order valence-corrected chi connectivity index (χ4v) is 6.04. The molecule has 48 heavy (non-hydrogen) atoms. The Morgan fingerprint density at radius 3 is 2.02 bits per heavy atom. The van der Waals surface area contributed by atoms with E-state index in [1.54, 1.807) is 0 Å². The van der Waals surface area contributed by atoms with Crippen molar-refractivity contribution in [2.45, 2.75) is 39.0 Å². The Kier molecular flexibility index (Phi) is 14.0. The molecule has 8 heteroatoms. The molecule has 0 fully saturated rings. The van der Waals surface area contributed by atoms with Gasteiger partial charge in [0.05, 0.1) is 12.0 Å². The molecule has 0 aliphatic carbocycles. The van der Waals surface area contributed by atoms with Crippen LogP contribution >= 0.6 is 11.8 Å². The van der Waals surface area contributed by atoms with Crippen LogP contribution in [0.5, 0.6) is 11.5 Å². The van der Waals surface area contributed by atoms with Gasteiger partial charge in [0.15, 0.2) is 0 Å². The SMILES string of the molecule is CSCCC(NC(=O)c1ccc(CN(Cc2ccccc2)Cc2cccc(Oc3ccccc3)c2)cc1-c1ccccc1C)C(=O)[O-].[Li+]. The minimum atomic E-state index is -1.28. The Labute approximate surface area is 299 Å². The zero-order valence-corrected chi connectivity index (χ0v) is 28.5. The van der Waals surface area contributed by atoms with Crippen LogP contribution in [0.1, 0.15) is 39.0 Å². The van der Waals surface area contributed by atoms with Crippen molar-refractivity contribution in [1.29, 1.82) is 0 Å². The Bertz CT molecular complexity index is 1790. The number of amides is 1. The number of nitrogens with zero attached hydrogens (tertiary/aromatic N) is 1. The molecule has 1 N–H and O–H groups in total. The third-order valence-electron chi connectivity index (χ3n) is 7.90. The van der Waals surface area contributed by atoms with Crippen LogP contribution in [0, 0.1) is 6.92 Å². The van der Waals surface area contributed by atoms with Gasteiger partial charge in [-0.25, -0.2) is 0 Å². The summed E-state index contributed by atoms with van der Waals surface area (Å²) in [7, 11) is 0. The molecule has 1 unspecified atom stereocenters. The van der Waals surface area contributed by atoms with Crippen LogP contribution in [-0.2, 0) is 24.4 Å². The number of hydrogen-bond donors (Lipinski definition) is 1. The van der Waals surface area contributed by atoms with Crippen LogP contribution in [0.4, 0.5) is 0 Å². The molecular formula is C40H39LiN2O4S. The van der Waals surface area contributed by atoms with Crippen molar-refractivity contribution in [3.63, 3.8) is 0 Å². The van der Waals surface area contributed by atoms with E-state index in [0.717, 1.165) is 45.9 Å². The molecule has 0 bridgehead atoms. The largest absolute Gasteiger partial charge is 1.00 e. The van der Waals surface area contributed by atoms with Gasteiger partial charge in [-0.1, -0.05) is 91.0 Å². The number of carbonyl (C=O) groups is 2. The number of aliphatic carboxylic acids is 1. The second kappa shape index (κ2) is 18.3. The van der Waals surface area contributed by atoms with Crippen molar-refractivity contribution < 1.29 is 38.3 Å². The zero-order valence-electron chi connectivity index (χ0n) is 27.7. The van der Waals surface area contributed by atoms with Crippen LogP contribution in [-0.4, -0.2) is 34.8 Å². The van der Waals surface area contributed by atoms with Gasteiger partial charge in [-0.05, 0) is 95.1 Å². The number of hydrogen-bond acceptors (Lipinski definition) is 6. The molecular weight excluding hydrogens is 611 g/mol. The van der Waals surface area contributed by atoms with Gasteiger partial charge in [-0.3, -0.25) is 9.69 Å². The molecule has 5 aromatic carbocycles. The van der Waals surface area contributed by atoms with Gasteiger partial charge < -0.3 is 20.0 Å². The predicted octanol–water partition coefficient (Wildman–Crippen LogP) is 4.26. The van der Waals surface area contributed by atoms with E-state index < -0.39 is 17.9 Å². The van der Waals surface area contributed by atoms with Gasteiger partial charge in [0.25, 0.3) is 5.91 Å². The van der Waals surface area contributed by atoms with E-state index in [2.05, 4.69) is 40.5 Å². The summed E-state index contributed by atoms with van der Waals surface area (Å²) in [6, 6.07) is 40.9. The van der Waals surface area contributed by atoms with Gasteiger partial charge in [0.2, 0.25) is 0 Å². The summed E-state index contributed by atoms with van der Waals surface area (Å²) in [6.45, 7) is 4.02. The van der Waals surface area contributed by atoms with E-state index in [1.807, 2.05) is 110 Å². The van der Waals surface area contributed by atoms with Gasteiger partial charge in [-0.15, -0.1) is 0 Å². The minimum Gasteiger partial charge on any atom is -0.548 e. The van der Waals surface area contributed by atoms with Crippen molar-refractivity contribution in [2.75, 3.05) is 12.0 Å². The maximum absolute atomic E-state index is 13.6. The van der Waals surface area contributed by atoms with Crippen LogP contribution in [0.2, 0.25) is 0 Å². The van der Waals surface area contributed by atoms with E-state index in [4.69, 9.17) is 4.74 Å². The number of nitrogens with one attached hydrogen (secondary N) is 1. The first-order valence-corrected chi connectivity index (χ1v) is 17.1. The van der Waals surface area contributed by atoms with Crippen LogP contribution in [0.3, 0.4) is 0 Å². The smallest absolute Gasteiger partial charge is 0.548 e. The normalized spacial score (nSPS) is 11.4. The average Bonchev–Trinajstić information content (AvgIpc) is 3.07. The molecule has 0 aliphatic rings. The second-order valence-electron chi connectivity index (χ2n) is 11.5. The summed E-state index contributed by atoms with van der Waals surface area (Å²) in [6.07, 6.45) is 2.19. The summed E-state index contributed by atoms with van der Waals surface area (Å²) in [5.74, 6) is 0.450. The minimum absolute atomic E-state index is 0. The maximum atomic E-state index is 13.6. The number of carbonyl (C=O) groups excluding carboxylic acids is 2. The Hall–Kier alpha value is -4.25. The van der Waals surface area contributed by atoms with Crippen molar-refractivity contribution in [1.82, 2.24) is 10.2 Å². The molecule has 1 amide bonds. The van der Waals surface area contributed by atoms with Crippen molar-refractivity contribution in [3.05, 3.63) is 155 Å². The first kappa shape index (κ1) is 36.6. The van der Waals surface area contributed by atoms with Crippen molar-refractivity contribution in [2.24, 2.45) is 0 Å². The number of thioether (sulfide) groups is 1. The van der Waals surface area contributed by atoms with Crippen LogP contribution < -0.4 is 34.0 Å². The molecule has 1 atom stereocenters. The molecule has 0 aliphatic heterocycles. The van der Waals surface area contributed by atoms with Crippen LogP contribution in [0.25, 0.3) is 11.1 Å². The molecule has 0 saturated carbocycles.